The van der Waals surface area contributed by atoms with Crippen LogP contribution < -0.4 is 5.32 Å². The predicted octanol–water partition coefficient (Wildman–Crippen LogP) is 3.14. The van der Waals surface area contributed by atoms with Gasteiger partial charge in [-0.15, -0.1) is 0 Å². The van der Waals surface area contributed by atoms with Gasteiger partial charge in [0, 0.05) is 7.05 Å². The molecule has 6 heteroatoms. The van der Waals surface area contributed by atoms with E-state index in [9.17, 15) is 13.2 Å². The molecule has 0 radical (unpaired) electrons. The minimum absolute atomic E-state index is 0.213. The van der Waals surface area contributed by atoms with Crippen molar-refractivity contribution in [3.63, 3.8) is 0 Å². The van der Waals surface area contributed by atoms with Crippen molar-refractivity contribution in [2.75, 3.05) is 6.54 Å². The van der Waals surface area contributed by atoms with E-state index in [0.29, 0.717) is 12.2 Å². The molecule has 1 aromatic heterocycles. The number of hydrogen-bond donors (Lipinski definition) is 1. The minimum atomic E-state index is -4.37. The van der Waals surface area contributed by atoms with Crippen molar-refractivity contribution >= 4 is 0 Å². The van der Waals surface area contributed by atoms with E-state index in [-0.39, 0.29) is 5.56 Å². The van der Waals surface area contributed by atoms with Crippen LogP contribution in [0.3, 0.4) is 0 Å². The summed E-state index contributed by atoms with van der Waals surface area (Å²) in [6, 6.07) is 5.09. The number of halogens is 3. The molecule has 0 bridgehead atoms. The zero-order valence-electron chi connectivity index (χ0n) is 11.3. The number of aryl methyl sites for hydroxylation is 1. The second-order valence-electron chi connectivity index (χ2n) is 4.51. The van der Waals surface area contributed by atoms with E-state index in [0.717, 1.165) is 6.07 Å². The summed E-state index contributed by atoms with van der Waals surface area (Å²) < 4.78 is 41.1. The van der Waals surface area contributed by atoms with E-state index < -0.39 is 17.8 Å². The highest BCUT2D eigenvalue weighted by Gasteiger charge is 2.35. The summed E-state index contributed by atoms with van der Waals surface area (Å²) in [5.41, 5.74) is 0.293. The number of alkyl halides is 3. The van der Waals surface area contributed by atoms with Crippen LogP contribution in [-0.2, 0) is 13.2 Å². The third kappa shape index (κ3) is 2.85. The van der Waals surface area contributed by atoms with Crippen molar-refractivity contribution in [2.24, 2.45) is 7.05 Å². The molecule has 3 nitrogen and oxygen atoms in total. The Kier molecular flexibility index (Phi) is 4.13. The van der Waals surface area contributed by atoms with Crippen LogP contribution in [0.25, 0.3) is 0 Å². The summed E-state index contributed by atoms with van der Waals surface area (Å²) >= 11 is 0. The SMILES string of the molecule is CCNC(c1ccccc1C(F)(F)F)c1cncn1C. The standard InChI is InChI=1S/C14H16F3N3/c1-3-19-13(12-8-18-9-20(12)2)10-6-4-5-7-11(10)14(15,16)17/h4-9,13,19H,3H2,1-2H3. The smallest absolute Gasteiger partial charge is 0.336 e. The quantitative estimate of drug-likeness (QED) is 0.934. The maximum atomic E-state index is 13.1. The van der Waals surface area contributed by atoms with Crippen LogP contribution in [0.2, 0.25) is 0 Å². The van der Waals surface area contributed by atoms with E-state index in [1.165, 1.54) is 12.1 Å². The fraction of sp³-hybridized carbons (Fsp3) is 0.357. The van der Waals surface area contributed by atoms with E-state index >= 15 is 0 Å². The Balaban J connectivity index is 2.54. The molecule has 0 saturated heterocycles. The van der Waals surface area contributed by atoms with Gasteiger partial charge in [-0.1, -0.05) is 25.1 Å². The zero-order valence-corrected chi connectivity index (χ0v) is 11.3. The highest BCUT2D eigenvalue weighted by Crippen LogP contribution is 2.36. The van der Waals surface area contributed by atoms with Crippen molar-refractivity contribution in [1.82, 2.24) is 14.9 Å². The average Bonchev–Trinajstić information content (AvgIpc) is 2.81. The third-order valence-electron chi connectivity index (χ3n) is 3.14. The fourth-order valence-corrected chi connectivity index (χ4v) is 2.23. The highest BCUT2D eigenvalue weighted by atomic mass is 19.4. The Morgan fingerprint density at radius 3 is 2.55 bits per heavy atom. The lowest BCUT2D eigenvalue weighted by Gasteiger charge is -2.22. The van der Waals surface area contributed by atoms with Gasteiger partial charge >= 0.3 is 6.18 Å². The molecule has 2 rings (SSSR count). The summed E-state index contributed by atoms with van der Waals surface area (Å²) in [6.07, 6.45) is -1.21. The van der Waals surface area contributed by atoms with Gasteiger partial charge in [-0.25, -0.2) is 4.98 Å². The molecule has 0 aliphatic heterocycles. The average molecular weight is 283 g/mol. The van der Waals surface area contributed by atoms with Crippen LogP contribution in [0.15, 0.2) is 36.8 Å². The normalized spacial score (nSPS) is 13.4. The molecule has 0 fully saturated rings. The van der Waals surface area contributed by atoms with E-state index in [1.807, 2.05) is 6.92 Å². The highest BCUT2D eigenvalue weighted by molar-refractivity contribution is 5.36. The van der Waals surface area contributed by atoms with Gasteiger partial charge in [-0.2, -0.15) is 13.2 Å². The van der Waals surface area contributed by atoms with Gasteiger partial charge in [0.25, 0.3) is 0 Å². The molecule has 0 spiro atoms. The molecule has 1 heterocycles. The van der Waals surface area contributed by atoms with Gasteiger partial charge in [0.2, 0.25) is 0 Å². The van der Waals surface area contributed by atoms with Crippen LogP contribution in [0.4, 0.5) is 13.2 Å². The lowest BCUT2D eigenvalue weighted by molar-refractivity contribution is -0.138. The number of aromatic nitrogens is 2. The molecule has 1 N–H and O–H groups in total. The van der Waals surface area contributed by atoms with Crippen LogP contribution in [-0.4, -0.2) is 16.1 Å². The number of rotatable bonds is 4. The Hall–Kier alpha value is -1.82. The van der Waals surface area contributed by atoms with Crippen LogP contribution in [0, 0.1) is 0 Å². The third-order valence-corrected chi connectivity index (χ3v) is 3.14. The van der Waals surface area contributed by atoms with Crippen molar-refractivity contribution in [1.29, 1.82) is 0 Å². The molecule has 0 saturated carbocycles. The first kappa shape index (κ1) is 14.6. The number of benzene rings is 1. The van der Waals surface area contributed by atoms with E-state index in [4.69, 9.17) is 0 Å². The first-order valence-corrected chi connectivity index (χ1v) is 6.31. The molecule has 0 amide bonds. The second-order valence-corrected chi connectivity index (χ2v) is 4.51. The van der Waals surface area contributed by atoms with Crippen LogP contribution in [0.1, 0.15) is 29.8 Å². The van der Waals surface area contributed by atoms with Crippen molar-refractivity contribution in [2.45, 2.75) is 19.1 Å². The summed E-state index contributed by atoms with van der Waals surface area (Å²) in [5.74, 6) is 0. The molecule has 20 heavy (non-hydrogen) atoms. The summed E-state index contributed by atoms with van der Waals surface area (Å²) in [5, 5.41) is 3.09. The summed E-state index contributed by atoms with van der Waals surface area (Å²) in [6.45, 7) is 2.42. The zero-order chi connectivity index (χ0) is 14.8. The van der Waals surface area contributed by atoms with Gasteiger partial charge in [0.1, 0.15) is 0 Å². The Bertz CT molecular complexity index is 575. The van der Waals surface area contributed by atoms with E-state index in [2.05, 4.69) is 10.3 Å². The lowest BCUT2D eigenvalue weighted by atomic mass is 9.97. The van der Waals surface area contributed by atoms with Crippen LogP contribution >= 0.6 is 0 Å². The Morgan fingerprint density at radius 2 is 2.00 bits per heavy atom. The fourth-order valence-electron chi connectivity index (χ4n) is 2.23. The topological polar surface area (TPSA) is 29.9 Å². The maximum Gasteiger partial charge on any atom is 0.416 e. The molecule has 0 aliphatic carbocycles. The Morgan fingerprint density at radius 1 is 1.30 bits per heavy atom. The molecule has 0 aliphatic rings. The number of nitrogens with one attached hydrogen (secondary N) is 1. The number of imidazole rings is 1. The minimum Gasteiger partial charge on any atom is -0.336 e. The monoisotopic (exact) mass is 283 g/mol. The predicted molar refractivity (Wildman–Crippen MR) is 70.2 cm³/mol. The molecule has 1 unspecified atom stereocenters. The van der Waals surface area contributed by atoms with Crippen molar-refractivity contribution < 1.29 is 13.2 Å². The first-order valence-electron chi connectivity index (χ1n) is 6.31. The molecular weight excluding hydrogens is 267 g/mol. The van der Waals surface area contributed by atoms with Crippen molar-refractivity contribution in [3.8, 4) is 0 Å². The molecule has 1 atom stereocenters. The second kappa shape index (κ2) is 5.66. The van der Waals surface area contributed by atoms with Gasteiger partial charge in [-0.3, -0.25) is 0 Å². The van der Waals surface area contributed by atoms with E-state index in [1.54, 1.807) is 30.2 Å². The maximum absolute atomic E-state index is 13.1. The van der Waals surface area contributed by atoms with Gasteiger partial charge in [0.05, 0.1) is 29.8 Å². The van der Waals surface area contributed by atoms with Gasteiger partial charge < -0.3 is 9.88 Å². The molecule has 108 valence electrons. The van der Waals surface area contributed by atoms with Crippen molar-refractivity contribution in [3.05, 3.63) is 53.6 Å². The summed E-state index contributed by atoms with van der Waals surface area (Å²) in [4.78, 5) is 3.98. The lowest BCUT2D eigenvalue weighted by Crippen LogP contribution is -2.26. The van der Waals surface area contributed by atoms with Crippen LogP contribution in [0.5, 0.6) is 0 Å². The molecule has 2 aromatic rings. The van der Waals surface area contributed by atoms with Gasteiger partial charge in [0.15, 0.2) is 0 Å². The Labute approximate surface area is 115 Å². The number of nitrogens with zero attached hydrogens (tertiary/aromatic N) is 2. The first-order chi connectivity index (χ1) is 9.45. The van der Waals surface area contributed by atoms with Gasteiger partial charge in [-0.05, 0) is 18.2 Å². The molecular formula is C14H16F3N3. The number of hydrogen-bond acceptors (Lipinski definition) is 2. The summed E-state index contributed by atoms with van der Waals surface area (Å²) in [7, 11) is 1.77. The largest absolute Gasteiger partial charge is 0.416 e. The molecule has 1 aromatic carbocycles.